The number of para-hydroxylation sites is 1. The summed E-state index contributed by atoms with van der Waals surface area (Å²) in [4.78, 5) is 9.01. The van der Waals surface area contributed by atoms with Crippen molar-refractivity contribution in [1.82, 2.24) is 20.2 Å². The zero-order chi connectivity index (χ0) is 14.2. The number of nitrogens with one attached hydrogen (secondary N) is 1. The van der Waals surface area contributed by atoms with E-state index < -0.39 is 0 Å². The average molecular weight is 276 g/mol. The van der Waals surface area contributed by atoms with Crippen LogP contribution in [0.3, 0.4) is 0 Å². The highest BCUT2D eigenvalue weighted by Crippen LogP contribution is 2.26. The molecule has 0 aliphatic heterocycles. The molecule has 0 atom stereocenters. The lowest BCUT2D eigenvalue weighted by Crippen LogP contribution is -1.91. The van der Waals surface area contributed by atoms with Gasteiger partial charge >= 0.3 is 0 Å². The number of hydrogen-bond donors (Lipinski definition) is 1. The van der Waals surface area contributed by atoms with Crippen LogP contribution in [0.25, 0.3) is 33.3 Å². The largest absolute Gasteiger partial charge is 0.481 e. The third-order valence-corrected chi connectivity index (χ3v) is 3.44. The molecule has 4 aromatic rings. The summed E-state index contributed by atoms with van der Waals surface area (Å²) in [6.45, 7) is 0. The molecule has 0 aliphatic rings. The van der Waals surface area contributed by atoms with Gasteiger partial charge in [-0.3, -0.25) is 5.10 Å². The minimum Gasteiger partial charge on any atom is -0.481 e. The molecule has 0 spiro atoms. The molecular weight excluding hydrogens is 264 g/mol. The van der Waals surface area contributed by atoms with E-state index in [1.807, 2.05) is 48.5 Å². The van der Waals surface area contributed by atoms with Gasteiger partial charge < -0.3 is 4.74 Å². The van der Waals surface area contributed by atoms with Gasteiger partial charge in [-0.2, -0.15) is 5.10 Å². The van der Waals surface area contributed by atoms with E-state index in [0.717, 1.165) is 33.3 Å². The monoisotopic (exact) mass is 276 g/mol. The highest BCUT2D eigenvalue weighted by atomic mass is 16.5. The molecule has 1 N–H and O–H groups in total. The Labute approximate surface area is 120 Å². The SMILES string of the molecule is COc1ccc2nc(-c3n[nH]c4ccccc34)ccc2n1. The summed E-state index contributed by atoms with van der Waals surface area (Å²) in [7, 11) is 1.60. The molecular formula is C16H12N4O. The minimum absolute atomic E-state index is 0.585. The number of aromatic nitrogens is 4. The van der Waals surface area contributed by atoms with Gasteiger partial charge in [0.1, 0.15) is 5.69 Å². The normalized spacial score (nSPS) is 11.1. The van der Waals surface area contributed by atoms with E-state index in [-0.39, 0.29) is 0 Å². The summed E-state index contributed by atoms with van der Waals surface area (Å²) in [6.07, 6.45) is 0. The van der Waals surface area contributed by atoms with E-state index >= 15 is 0 Å². The molecule has 0 amide bonds. The summed E-state index contributed by atoms with van der Waals surface area (Å²) in [6, 6.07) is 15.6. The summed E-state index contributed by atoms with van der Waals surface area (Å²) < 4.78 is 5.13. The molecule has 5 heteroatoms. The molecule has 1 aromatic carbocycles. The first-order valence-electron chi connectivity index (χ1n) is 6.60. The van der Waals surface area contributed by atoms with Gasteiger partial charge in [0.25, 0.3) is 0 Å². The van der Waals surface area contributed by atoms with Gasteiger partial charge in [0.15, 0.2) is 0 Å². The Morgan fingerprint density at radius 2 is 1.71 bits per heavy atom. The Bertz CT molecular complexity index is 945. The van der Waals surface area contributed by atoms with Crippen molar-refractivity contribution in [2.24, 2.45) is 0 Å². The highest BCUT2D eigenvalue weighted by Gasteiger charge is 2.10. The summed E-state index contributed by atoms with van der Waals surface area (Å²) in [5, 5.41) is 8.46. The number of pyridine rings is 2. The topological polar surface area (TPSA) is 63.7 Å². The van der Waals surface area contributed by atoms with Gasteiger partial charge in [-0.1, -0.05) is 18.2 Å². The van der Waals surface area contributed by atoms with Crippen LogP contribution in [-0.2, 0) is 0 Å². The molecule has 0 unspecified atom stereocenters. The first-order valence-corrected chi connectivity index (χ1v) is 6.60. The summed E-state index contributed by atoms with van der Waals surface area (Å²) in [5.41, 5.74) is 4.30. The predicted molar refractivity (Wildman–Crippen MR) is 81.2 cm³/mol. The minimum atomic E-state index is 0.585. The predicted octanol–water partition coefficient (Wildman–Crippen LogP) is 3.18. The van der Waals surface area contributed by atoms with Crippen molar-refractivity contribution in [3.8, 4) is 17.3 Å². The fourth-order valence-electron chi connectivity index (χ4n) is 2.40. The number of hydrogen-bond acceptors (Lipinski definition) is 4. The molecule has 0 saturated carbocycles. The van der Waals surface area contributed by atoms with Crippen LogP contribution in [0.4, 0.5) is 0 Å². The second-order valence-corrected chi connectivity index (χ2v) is 4.71. The van der Waals surface area contributed by atoms with E-state index in [1.165, 1.54) is 0 Å². The zero-order valence-electron chi connectivity index (χ0n) is 11.4. The number of H-pyrrole nitrogens is 1. The van der Waals surface area contributed by atoms with Crippen LogP contribution in [-0.4, -0.2) is 27.3 Å². The molecule has 21 heavy (non-hydrogen) atoms. The lowest BCUT2D eigenvalue weighted by atomic mass is 10.1. The third kappa shape index (κ3) is 1.90. The maximum atomic E-state index is 5.13. The quantitative estimate of drug-likeness (QED) is 0.610. The molecule has 0 aliphatic carbocycles. The van der Waals surface area contributed by atoms with Crippen LogP contribution in [0, 0.1) is 0 Å². The van der Waals surface area contributed by atoms with Crippen LogP contribution in [0.2, 0.25) is 0 Å². The number of rotatable bonds is 2. The van der Waals surface area contributed by atoms with Crippen molar-refractivity contribution in [2.45, 2.75) is 0 Å². The van der Waals surface area contributed by atoms with Crippen LogP contribution >= 0.6 is 0 Å². The van der Waals surface area contributed by atoms with Crippen LogP contribution in [0.1, 0.15) is 0 Å². The Kier molecular flexibility index (Phi) is 2.57. The Balaban J connectivity index is 1.90. The Morgan fingerprint density at radius 3 is 2.62 bits per heavy atom. The second kappa shape index (κ2) is 4.56. The van der Waals surface area contributed by atoms with E-state index in [2.05, 4.69) is 20.2 Å². The molecule has 3 aromatic heterocycles. The molecule has 0 saturated heterocycles. The molecule has 0 bridgehead atoms. The summed E-state index contributed by atoms with van der Waals surface area (Å²) >= 11 is 0. The van der Waals surface area contributed by atoms with E-state index in [0.29, 0.717) is 5.88 Å². The highest BCUT2D eigenvalue weighted by molar-refractivity contribution is 5.93. The van der Waals surface area contributed by atoms with Crippen molar-refractivity contribution >= 4 is 21.9 Å². The maximum Gasteiger partial charge on any atom is 0.213 e. The maximum absolute atomic E-state index is 5.13. The standard InChI is InChI=1S/C16H12N4O/c1-21-15-9-8-12-13(18-15)6-7-14(17-12)16-10-4-2-3-5-11(10)19-20-16/h2-9H,1H3,(H,19,20). The van der Waals surface area contributed by atoms with Gasteiger partial charge in [-0.15, -0.1) is 0 Å². The van der Waals surface area contributed by atoms with E-state index in [1.54, 1.807) is 7.11 Å². The number of aromatic amines is 1. The molecule has 0 radical (unpaired) electrons. The smallest absolute Gasteiger partial charge is 0.213 e. The van der Waals surface area contributed by atoms with Gasteiger partial charge in [-0.05, 0) is 24.3 Å². The molecule has 0 fully saturated rings. The van der Waals surface area contributed by atoms with Crippen molar-refractivity contribution in [1.29, 1.82) is 0 Å². The molecule has 5 nitrogen and oxygen atoms in total. The molecule has 4 rings (SSSR count). The van der Waals surface area contributed by atoms with Crippen molar-refractivity contribution in [3.05, 3.63) is 48.5 Å². The lowest BCUT2D eigenvalue weighted by Gasteiger charge is -2.03. The Hall–Kier alpha value is -2.95. The van der Waals surface area contributed by atoms with Crippen molar-refractivity contribution in [3.63, 3.8) is 0 Å². The number of ether oxygens (including phenoxy) is 1. The fourth-order valence-corrected chi connectivity index (χ4v) is 2.40. The lowest BCUT2D eigenvalue weighted by molar-refractivity contribution is 0.399. The first-order chi connectivity index (χ1) is 10.3. The zero-order valence-corrected chi connectivity index (χ0v) is 11.4. The molecule has 3 heterocycles. The average Bonchev–Trinajstić information content (AvgIpc) is 2.98. The fraction of sp³-hybridized carbons (Fsp3) is 0.0625. The van der Waals surface area contributed by atoms with Gasteiger partial charge in [0.2, 0.25) is 5.88 Å². The van der Waals surface area contributed by atoms with Crippen molar-refractivity contribution in [2.75, 3.05) is 7.11 Å². The van der Waals surface area contributed by atoms with Gasteiger partial charge in [-0.25, -0.2) is 9.97 Å². The van der Waals surface area contributed by atoms with Crippen LogP contribution in [0.15, 0.2) is 48.5 Å². The number of fused-ring (bicyclic) bond motifs is 2. The first kappa shape index (κ1) is 11.8. The van der Waals surface area contributed by atoms with Gasteiger partial charge in [0.05, 0.1) is 29.4 Å². The number of methoxy groups -OCH3 is 1. The number of benzene rings is 1. The third-order valence-electron chi connectivity index (χ3n) is 3.44. The van der Waals surface area contributed by atoms with Gasteiger partial charge in [0, 0.05) is 11.5 Å². The molecule has 102 valence electrons. The number of nitrogens with zero attached hydrogens (tertiary/aromatic N) is 3. The van der Waals surface area contributed by atoms with Crippen LogP contribution in [0.5, 0.6) is 5.88 Å². The Morgan fingerprint density at radius 1 is 0.905 bits per heavy atom. The second-order valence-electron chi connectivity index (χ2n) is 4.71. The van der Waals surface area contributed by atoms with Crippen molar-refractivity contribution < 1.29 is 4.74 Å². The van der Waals surface area contributed by atoms with E-state index in [9.17, 15) is 0 Å². The van der Waals surface area contributed by atoms with Crippen LogP contribution < -0.4 is 4.74 Å². The summed E-state index contributed by atoms with van der Waals surface area (Å²) in [5.74, 6) is 0.585. The van der Waals surface area contributed by atoms with E-state index in [4.69, 9.17) is 4.74 Å².